The highest BCUT2D eigenvalue weighted by molar-refractivity contribution is 7.92. The molecule has 0 bridgehead atoms. The summed E-state index contributed by atoms with van der Waals surface area (Å²) in [6.45, 7) is 0. The quantitative estimate of drug-likeness (QED) is 0.427. The van der Waals surface area contributed by atoms with Gasteiger partial charge in [-0.15, -0.1) is 0 Å². The molecule has 0 amide bonds. The average Bonchev–Trinajstić information content (AvgIpc) is 3.14. The van der Waals surface area contributed by atoms with E-state index in [0.717, 1.165) is 21.9 Å². The number of hydrogen-bond donors (Lipinski definition) is 1. The van der Waals surface area contributed by atoms with Crippen LogP contribution in [0.1, 0.15) is 0 Å². The summed E-state index contributed by atoms with van der Waals surface area (Å²) in [6, 6.07) is 30.1. The van der Waals surface area contributed by atoms with Gasteiger partial charge in [0, 0.05) is 16.3 Å². The Labute approximate surface area is 163 Å². The molecule has 0 fully saturated rings. The molecule has 0 radical (unpaired) electrons. The van der Waals surface area contributed by atoms with Gasteiger partial charge in [0.15, 0.2) is 0 Å². The third-order valence-electron chi connectivity index (χ3n) is 5.03. The Morgan fingerprint density at radius 2 is 1.25 bits per heavy atom. The highest BCUT2D eigenvalue weighted by Crippen LogP contribution is 2.38. The Kier molecular flexibility index (Phi) is 3.81. The number of aromatic nitrogens is 1. The fourth-order valence-electron chi connectivity index (χ4n) is 3.74. The minimum atomic E-state index is -3.76. The lowest BCUT2D eigenvalue weighted by Gasteiger charge is -2.10. The molecule has 3 nitrogen and oxygen atoms in total. The van der Waals surface area contributed by atoms with Crippen molar-refractivity contribution in [2.75, 3.05) is 0 Å². The maximum Gasteiger partial charge on any atom is 0.209 e. The van der Waals surface area contributed by atoms with Gasteiger partial charge in [-0.2, -0.15) is 0 Å². The zero-order valence-electron chi connectivity index (χ0n) is 15.0. The number of aromatic amines is 1. The minimum absolute atomic E-state index is 0.325. The number of hydrogen-bond acceptors (Lipinski definition) is 2. The van der Waals surface area contributed by atoms with Crippen LogP contribution in [0.25, 0.3) is 32.9 Å². The lowest BCUT2D eigenvalue weighted by Crippen LogP contribution is -2.04. The molecule has 0 atom stereocenters. The van der Waals surface area contributed by atoms with Gasteiger partial charge < -0.3 is 4.98 Å². The molecule has 4 heteroatoms. The van der Waals surface area contributed by atoms with Gasteiger partial charge in [-0.25, -0.2) is 8.42 Å². The predicted octanol–water partition coefficient (Wildman–Crippen LogP) is 5.82. The van der Waals surface area contributed by atoms with Crippen molar-refractivity contribution in [2.45, 2.75) is 9.79 Å². The number of fused-ring (bicyclic) bond motifs is 2. The van der Waals surface area contributed by atoms with Crippen LogP contribution in [0.5, 0.6) is 0 Å². The highest BCUT2D eigenvalue weighted by Gasteiger charge is 2.28. The molecule has 28 heavy (non-hydrogen) atoms. The van der Waals surface area contributed by atoms with E-state index in [2.05, 4.69) is 4.98 Å². The lowest BCUT2D eigenvalue weighted by atomic mass is 10.1. The van der Waals surface area contributed by atoms with Crippen molar-refractivity contribution in [3.05, 3.63) is 97.1 Å². The fourth-order valence-corrected chi connectivity index (χ4v) is 5.60. The molecule has 136 valence electrons. The van der Waals surface area contributed by atoms with Crippen molar-refractivity contribution in [3.8, 4) is 11.3 Å². The maximum absolute atomic E-state index is 13.9. The molecule has 1 N–H and O–H groups in total. The van der Waals surface area contributed by atoms with Gasteiger partial charge in [0.05, 0.1) is 10.6 Å². The van der Waals surface area contributed by atoms with Crippen LogP contribution >= 0.6 is 0 Å². The molecule has 0 saturated carbocycles. The van der Waals surface area contributed by atoms with E-state index in [1.807, 2.05) is 84.9 Å². The largest absolute Gasteiger partial charge is 0.353 e. The molecule has 4 aromatic carbocycles. The summed E-state index contributed by atoms with van der Waals surface area (Å²) >= 11 is 0. The van der Waals surface area contributed by atoms with Crippen LogP contribution in [-0.2, 0) is 9.84 Å². The van der Waals surface area contributed by atoms with Gasteiger partial charge in [0.1, 0.15) is 4.90 Å². The van der Waals surface area contributed by atoms with E-state index < -0.39 is 9.84 Å². The summed E-state index contributed by atoms with van der Waals surface area (Å²) in [5.41, 5.74) is 2.27. The zero-order chi connectivity index (χ0) is 19.1. The first-order valence-electron chi connectivity index (χ1n) is 9.05. The second-order valence-electron chi connectivity index (χ2n) is 6.72. The van der Waals surface area contributed by atoms with E-state index in [1.54, 1.807) is 12.1 Å². The normalized spacial score (nSPS) is 11.9. The fraction of sp³-hybridized carbons (Fsp3) is 0. The SMILES string of the molecule is O=S(=O)(c1cccc2ccccc12)c1c(-c2ccccc2)[nH]c2ccccc12. The third-order valence-corrected chi connectivity index (χ3v) is 6.93. The van der Waals surface area contributed by atoms with Crippen molar-refractivity contribution in [3.63, 3.8) is 0 Å². The number of para-hydroxylation sites is 1. The Morgan fingerprint density at radius 1 is 0.607 bits per heavy atom. The molecule has 1 heterocycles. The summed E-state index contributed by atoms with van der Waals surface area (Å²) in [7, 11) is -3.76. The Balaban J connectivity index is 1.88. The number of rotatable bonds is 3. The highest BCUT2D eigenvalue weighted by atomic mass is 32.2. The van der Waals surface area contributed by atoms with Crippen molar-refractivity contribution in [1.82, 2.24) is 4.98 Å². The third kappa shape index (κ3) is 2.53. The predicted molar refractivity (Wildman–Crippen MR) is 113 cm³/mol. The standard InChI is InChI=1S/C24H17NO2S/c26-28(27,22-16-8-12-17-9-4-5-13-19(17)22)24-20-14-6-7-15-21(20)25-23(24)18-10-2-1-3-11-18/h1-16,25H. The molecular formula is C24H17NO2S. The number of benzene rings is 4. The van der Waals surface area contributed by atoms with Crippen LogP contribution in [0.2, 0.25) is 0 Å². The van der Waals surface area contributed by atoms with Crippen LogP contribution in [0.4, 0.5) is 0 Å². The van der Waals surface area contributed by atoms with Crippen LogP contribution in [0.3, 0.4) is 0 Å². The van der Waals surface area contributed by atoms with Crippen molar-refractivity contribution < 1.29 is 8.42 Å². The molecule has 0 saturated heterocycles. The molecule has 0 aliphatic heterocycles. The summed E-state index contributed by atoms with van der Waals surface area (Å²) < 4.78 is 27.8. The van der Waals surface area contributed by atoms with E-state index in [9.17, 15) is 8.42 Å². The molecule has 5 aromatic rings. The Bertz CT molecular complexity index is 1410. The monoisotopic (exact) mass is 383 g/mol. The van der Waals surface area contributed by atoms with Gasteiger partial charge in [-0.05, 0) is 23.1 Å². The number of sulfone groups is 1. The van der Waals surface area contributed by atoms with Gasteiger partial charge in [-0.3, -0.25) is 0 Å². The van der Waals surface area contributed by atoms with Gasteiger partial charge in [0.2, 0.25) is 9.84 Å². The number of H-pyrrole nitrogens is 1. The van der Waals surface area contributed by atoms with Crippen molar-refractivity contribution in [1.29, 1.82) is 0 Å². The van der Waals surface area contributed by atoms with Crippen LogP contribution in [-0.4, -0.2) is 13.4 Å². The van der Waals surface area contributed by atoms with Gasteiger partial charge in [0.25, 0.3) is 0 Å². The van der Waals surface area contributed by atoms with Crippen molar-refractivity contribution in [2.24, 2.45) is 0 Å². The van der Waals surface area contributed by atoms with E-state index in [-0.39, 0.29) is 0 Å². The van der Waals surface area contributed by atoms with Crippen LogP contribution < -0.4 is 0 Å². The molecule has 5 rings (SSSR count). The molecule has 1 aromatic heterocycles. The van der Waals surface area contributed by atoms with Crippen LogP contribution in [0.15, 0.2) is 107 Å². The van der Waals surface area contributed by atoms with E-state index >= 15 is 0 Å². The molecule has 0 aliphatic rings. The lowest BCUT2D eigenvalue weighted by molar-refractivity contribution is 0.598. The Hall–Kier alpha value is -3.37. The average molecular weight is 383 g/mol. The molecule has 0 spiro atoms. The second-order valence-corrected chi connectivity index (χ2v) is 8.58. The summed E-state index contributed by atoms with van der Waals surface area (Å²) in [6.07, 6.45) is 0. The first-order chi connectivity index (χ1) is 13.7. The van der Waals surface area contributed by atoms with E-state index in [0.29, 0.717) is 20.9 Å². The minimum Gasteiger partial charge on any atom is -0.353 e. The second kappa shape index (κ2) is 6.36. The summed E-state index contributed by atoms with van der Waals surface area (Å²) in [5.74, 6) is 0. The van der Waals surface area contributed by atoms with Crippen LogP contribution in [0, 0.1) is 0 Å². The first-order valence-corrected chi connectivity index (χ1v) is 10.5. The topological polar surface area (TPSA) is 49.9 Å². The van der Waals surface area contributed by atoms with E-state index in [1.165, 1.54) is 0 Å². The van der Waals surface area contributed by atoms with E-state index in [4.69, 9.17) is 0 Å². The number of nitrogens with one attached hydrogen (secondary N) is 1. The summed E-state index contributed by atoms with van der Waals surface area (Å²) in [5, 5.41) is 2.34. The molecule has 0 unspecified atom stereocenters. The first kappa shape index (κ1) is 16.8. The summed E-state index contributed by atoms with van der Waals surface area (Å²) in [4.78, 5) is 3.98. The maximum atomic E-state index is 13.9. The Morgan fingerprint density at radius 3 is 2.07 bits per heavy atom. The molecule has 0 aliphatic carbocycles. The van der Waals surface area contributed by atoms with Gasteiger partial charge >= 0.3 is 0 Å². The smallest absolute Gasteiger partial charge is 0.209 e. The van der Waals surface area contributed by atoms with Crippen molar-refractivity contribution >= 4 is 31.5 Å². The zero-order valence-corrected chi connectivity index (χ0v) is 15.8. The van der Waals surface area contributed by atoms with Gasteiger partial charge in [-0.1, -0.05) is 84.9 Å². The molecular weight excluding hydrogens is 366 g/mol.